The molecule has 1 aromatic carbocycles. The molecule has 2 N–H and O–H groups in total. The van der Waals surface area contributed by atoms with Gasteiger partial charge in [0.25, 0.3) is 5.91 Å². The fourth-order valence-electron chi connectivity index (χ4n) is 1.64. The summed E-state index contributed by atoms with van der Waals surface area (Å²) < 4.78 is 10.8. The van der Waals surface area contributed by atoms with E-state index in [1.54, 1.807) is 18.0 Å². The van der Waals surface area contributed by atoms with Crippen LogP contribution in [-0.4, -0.2) is 44.7 Å². The number of nitrogens with zero attached hydrogens (tertiary/aromatic N) is 1. The van der Waals surface area contributed by atoms with Gasteiger partial charge in [0.15, 0.2) is 18.1 Å². The van der Waals surface area contributed by atoms with Crippen LogP contribution < -0.4 is 15.2 Å². The van der Waals surface area contributed by atoms with Crippen molar-refractivity contribution in [2.24, 2.45) is 5.73 Å². The minimum absolute atomic E-state index is 0.0728. The van der Waals surface area contributed by atoms with Gasteiger partial charge in [-0.15, -0.1) is 0 Å². The Morgan fingerprint density at radius 1 is 1.45 bits per heavy atom. The van der Waals surface area contributed by atoms with Crippen molar-refractivity contribution >= 4 is 17.5 Å². The Morgan fingerprint density at radius 2 is 2.15 bits per heavy atom. The van der Waals surface area contributed by atoms with Gasteiger partial charge >= 0.3 is 0 Å². The molecule has 5 nitrogen and oxygen atoms in total. The van der Waals surface area contributed by atoms with Crippen LogP contribution in [0.4, 0.5) is 0 Å². The average Bonchev–Trinajstić information content (AvgIpc) is 2.44. The molecule has 0 spiro atoms. The molecule has 0 aromatic heterocycles. The Labute approximate surface area is 124 Å². The van der Waals surface area contributed by atoms with Crippen LogP contribution in [0.25, 0.3) is 0 Å². The van der Waals surface area contributed by atoms with Crippen molar-refractivity contribution < 1.29 is 14.3 Å². The van der Waals surface area contributed by atoms with Crippen LogP contribution in [0.5, 0.6) is 11.5 Å². The molecule has 1 rings (SSSR count). The Bertz CT molecular complexity index is 466. The van der Waals surface area contributed by atoms with Gasteiger partial charge in [-0.1, -0.05) is 11.6 Å². The molecule has 0 aliphatic rings. The van der Waals surface area contributed by atoms with E-state index >= 15 is 0 Å². The molecule has 0 bridgehead atoms. The molecule has 0 unspecified atom stereocenters. The molecule has 0 atom stereocenters. The lowest BCUT2D eigenvalue weighted by atomic mass is 10.1. The molecular weight excluding hydrogens is 280 g/mol. The highest BCUT2D eigenvalue weighted by Gasteiger charge is 2.15. The molecule has 6 heteroatoms. The van der Waals surface area contributed by atoms with Crippen LogP contribution >= 0.6 is 11.6 Å². The molecule has 1 aromatic rings. The van der Waals surface area contributed by atoms with E-state index in [0.717, 1.165) is 5.56 Å². The average molecular weight is 301 g/mol. The molecule has 112 valence electrons. The van der Waals surface area contributed by atoms with Crippen molar-refractivity contribution in [3.63, 3.8) is 0 Å². The Kier molecular flexibility index (Phi) is 6.61. The van der Waals surface area contributed by atoms with E-state index in [9.17, 15) is 4.79 Å². The lowest BCUT2D eigenvalue weighted by Gasteiger charge is -2.17. The molecule has 0 radical (unpaired) electrons. The van der Waals surface area contributed by atoms with Gasteiger partial charge in [-0.2, -0.15) is 0 Å². The van der Waals surface area contributed by atoms with Crippen molar-refractivity contribution in [3.05, 3.63) is 22.7 Å². The minimum Gasteiger partial charge on any atom is -0.493 e. The number of methoxy groups -OCH3 is 1. The number of halogens is 1. The number of ether oxygens (including phenoxy) is 2. The second-order valence-corrected chi connectivity index (χ2v) is 4.75. The number of hydrogen-bond donors (Lipinski definition) is 1. The van der Waals surface area contributed by atoms with Gasteiger partial charge in [-0.25, -0.2) is 0 Å². The third-order valence-electron chi connectivity index (χ3n) is 2.96. The summed E-state index contributed by atoms with van der Waals surface area (Å²) in [4.78, 5) is 13.3. The summed E-state index contributed by atoms with van der Waals surface area (Å²) in [5, 5.41) is 0.416. The van der Waals surface area contributed by atoms with Crippen LogP contribution in [0.2, 0.25) is 5.02 Å². The zero-order valence-electron chi connectivity index (χ0n) is 12.1. The van der Waals surface area contributed by atoms with E-state index in [0.29, 0.717) is 36.0 Å². The number of amides is 1. The van der Waals surface area contributed by atoms with E-state index in [4.69, 9.17) is 26.8 Å². The Balaban J connectivity index is 2.86. The molecule has 0 saturated carbocycles. The second-order valence-electron chi connectivity index (χ2n) is 4.34. The number of nitrogens with two attached hydrogens (primary N) is 1. The van der Waals surface area contributed by atoms with Crippen LogP contribution in [-0.2, 0) is 11.2 Å². The van der Waals surface area contributed by atoms with Gasteiger partial charge in [0.2, 0.25) is 0 Å². The standard InChI is InChI=1S/C14H21ClN2O3/c1-4-17(2)13(18)9-20-14-11(15)7-10(5-6-16)8-12(14)19-3/h7-8H,4-6,9,16H2,1-3H3. The molecule has 0 aliphatic carbocycles. The first-order chi connectivity index (χ1) is 9.53. The third-order valence-corrected chi connectivity index (χ3v) is 3.24. The van der Waals surface area contributed by atoms with E-state index in [1.807, 2.05) is 13.0 Å². The molecule has 1 amide bonds. The van der Waals surface area contributed by atoms with Crippen molar-refractivity contribution in [1.29, 1.82) is 0 Å². The van der Waals surface area contributed by atoms with Gasteiger partial charge in [-0.3, -0.25) is 4.79 Å². The lowest BCUT2D eigenvalue weighted by Crippen LogP contribution is -2.31. The smallest absolute Gasteiger partial charge is 0.260 e. The fourth-order valence-corrected chi connectivity index (χ4v) is 1.93. The number of carbonyl (C=O) groups excluding carboxylic acids is 1. The predicted molar refractivity (Wildman–Crippen MR) is 79.6 cm³/mol. The highest BCUT2D eigenvalue weighted by Crippen LogP contribution is 2.36. The monoisotopic (exact) mass is 300 g/mol. The summed E-state index contributed by atoms with van der Waals surface area (Å²) in [6, 6.07) is 3.60. The van der Waals surface area contributed by atoms with E-state index < -0.39 is 0 Å². The van der Waals surface area contributed by atoms with Crippen molar-refractivity contribution in [3.8, 4) is 11.5 Å². The van der Waals surface area contributed by atoms with E-state index in [-0.39, 0.29) is 12.5 Å². The largest absolute Gasteiger partial charge is 0.493 e. The van der Waals surface area contributed by atoms with Gasteiger partial charge in [-0.05, 0) is 37.6 Å². The number of carbonyl (C=O) groups is 1. The molecule has 20 heavy (non-hydrogen) atoms. The number of hydrogen-bond acceptors (Lipinski definition) is 4. The number of rotatable bonds is 7. The second kappa shape index (κ2) is 7.97. The summed E-state index contributed by atoms with van der Waals surface area (Å²) >= 11 is 6.18. The zero-order valence-corrected chi connectivity index (χ0v) is 12.9. The number of likely N-dealkylation sites (N-methyl/N-ethyl adjacent to an activating group) is 1. The molecule has 0 saturated heterocycles. The summed E-state index contributed by atoms with van der Waals surface area (Å²) in [5.74, 6) is 0.775. The van der Waals surface area contributed by atoms with Crippen LogP contribution in [0.1, 0.15) is 12.5 Å². The molecule has 0 fully saturated rings. The van der Waals surface area contributed by atoms with E-state index in [1.165, 1.54) is 7.11 Å². The van der Waals surface area contributed by atoms with Crippen LogP contribution in [0.3, 0.4) is 0 Å². The first kappa shape index (κ1) is 16.6. The summed E-state index contributed by atoms with van der Waals surface area (Å²) in [5.41, 5.74) is 6.49. The van der Waals surface area contributed by atoms with Crippen LogP contribution in [0, 0.1) is 0 Å². The first-order valence-corrected chi connectivity index (χ1v) is 6.84. The fraction of sp³-hybridized carbons (Fsp3) is 0.500. The molecule has 0 aliphatic heterocycles. The Morgan fingerprint density at radius 3 is 2.70 bits per heavy atom. The van der Waals surface area contributed by atoms with Crippen LogP contribution in [0.15, 0.2) is 12.1 Å². The van der Waals surface area contributed by atoms with Crippen molar-refractivity contribution in [2.75, 3.05) is 33.9 Å². The van der Waals surface area contributed by atoms with Gasteiger partial charge < -0.3 is 20.1 Å². The van der Waals surface area contributed by atoms with Gasteiger partial charge in [0.05, 0.1) is 12.1 Å². The maximum absolute atomic E-state index is 11.7. The zero-order chi connectivity index (χ0) is 15.1. The van der Waals surface area contributed by atoms with Gasteiger partial charge in [0.1, 0.15) is 0 Å². The maximum Gasteiger partial charge on any atom is 0.260 e. The maximum atomic E-state index is 11.7. The van der Waals surface area contributed by atoms with Gasteiger partial charge in [0, 0.05) is 13.6 Å². The molecular formula is C14H21ClN2O3. The topological polar surface area (TPSA) is 64.8 Å². The highest BCUT2D eigenvalue weighted by atomic mass is 35.5. The van der Waals surface area contributed by atoms with Crippen molar-refractivity contribution in [1.82, 2.24) is 4.90 Å². The lowest BCUT2D eigenvalue weighted by molar-refractivity contribution is -0.131. The first-order valence-electron chi connectivity index (χ1n) is 6.46. The normalized spacial score (nSPS) is 10.2. The van der Waals surface area contributed by atoms with Crippen molar-refractivity contribution in [2.45, 2.75) is 13.3 Å². The molecule has 0 heterocycles. The predicted octanol–water partition coefficient (Wildman–Crippen LogP) is 1.71. The summed E-state index contributed by atoms with van der Waals surface area (Å²) in [7, 11) is 3.25. The number of benzene rings is 1. The third kappa shape index (κ3) is 4.28. The summed E-state index contributed by atoms with van der Waals surface area (Å²) in [6.07, 6.45) is 0.702. The minimum atomic E-state index is -0.114. The quantitative estimate of drug-likeness (QED) is 0.832. The SMILES string of the molecule is CCN(C)C(=O)COc1c(Cl)cc(CCN)cc1OC. The Hall–Kier alpha value is -1.46. The van der Waals surface area contributed by atoms with E-state index in [2.05, 4.69) is 0 Å². The summed E-state index contributed by atoms with van der Waals surface area (Å²) in [6.45, 7) is 2.98. The highest BCUT2D eigenvalue weighted by molar-refractivity contribution is 6.32.